The Kier molecular flexibility index (Phi) is 5.28. The van der Waals surface area contributed by atoms with Crippen molar-refractivity contribution in [2.24, 2.45) is 5.92 Å². The number of hydrogen-bond acceptors (Lipinski definition) is 3. The summed E-state index contributed by atoms with van der Waals surface area (Å²) in [5, 5.41) is 11.6. The maximum Gasteiger partial charge on any atom is 0.283 e. The minimum absolute atomic E-state index is 0.162. The Morgan fingerprint density at radius 2 is 2.26 bits per heavy atom. The monoisotopic (exact) mass is 343 g/mol. The van der Waals surface area contributed by atoms with E-state index in [1.165, 1.54) is 25.7 Å². The van der Waals surface area contributed by atoms with Gasteiger partial charge in [-0.2, -0.15) is 11.8 Å². The smallest absolute Gasteiger partial charge is 0.258 e. The van der Waals surface area contributed by atoms with Crippen LogP contribution >= 0.6 is 27.7 Å². The molecular weight excluding hydrogens is 326 g/mol. The van der Waals surface area contributed by atoms with E-state index in [-0.39, 0.29) is 10.6 Å². The van der Waals surface area contributed by atoms with Gasteiger partial charge >= 0.3 is 0 Å². The largest absolute Gasteiger partial charge is 0.283 e. The van der Waals surface area contributed by atoms with Gasteiger partial charge in [-0.15, -0.1) is 0 Å². The Bertz CT molecular complexity index is 467. The maximum atomic E-state index is 10.9. The van der Waals surface area contributed by atoms with Crippen molar-refractivity contribution >= 4 is 33.4 Å². The summed E-state index contributed by atoms with van der Waals surface area (Å²) in [5.74, 6) is 1.67. The van der Waals surface area contributed by atoms with Crippen LogP contribution in [0.5, 0.6) is 0 Å². The zero-order valence-electron chi connectivity index (χ0n) is 11.0. The molecule has 0 saturated heterocycles. The molecule has 2 atom stereocenters. The fraction of sp³-hybridized carbons (Fsp3) is 0.571. The summed E-state index contributed by atoms with van der Waals surface area (Å²) in [6, 6.07) is 5.28. The van der Waals surface area contributed by atoms with E-state index in [0.29, 0.717) is 9.72 Å². The van der Waals surface area contributed by atoms with Gasteiger partial charge in [-0.3, -0.25) is 10.1 Å². The lowest BCUT2D eigenvalue weighted by Crippen LogP contribution is -2.15. The Balaban J connectivity index is 1.99. The number of nitrogens with zero attached hydrogens (tertiary/aromatic N) is 1. The quantitative estimate of drug-likeness (QED) is 0.559. The van der Waals surface area contributed by atoms with E-state index in [4.69, 9.17) is 0 Å². The van der Waals surface area contributed by atoms with Crippen LogP contribution < -0.4 is 0 Å². The molecule has 2 rings (SSSR count). The molecule has 0 N–H and O–H groups in total. The van der Waals surface area contributed by atoms with Crippen LogP contribution in [0.2, 0.25) is 0 Å². The fourth-order valence-corrected chi connectivity index (χ4v) is 4.74. The Morgan fingerprint density at radius 3 is 2.95 bits per heavy atom. The summed E-state index contributed by atoms with van der Waals surface area (Å²) < 4.78 is 0.636. The molecule has 0 spiro atoms. The number of halogens is 1. The van der Waals surface area contributed by atoms with Gasteiger partial charge in [-0.05, 0) is 40.3 Å². The van der Waals surface area contributed by atoms with Crippen LogP contribution in [0.25, 0.3) is 0 Å². The second-order valence-corrected chi connectivity index (χ2v) is 7.29. The third-order valence-electron chi connectivity index (χ3n) is 3.62. The lowest BCUT2D eigenvalue weighted by atomic mass is 9.91. The SMILES string of the molecule is CC1CCCC(SCc2cccc([N+](=O)[O-])c2Br)C1. The molecule has 5 heteroatoms. The third-order valence-corrected chi connectivity index (χ3v) is 5.91. The van der Waals surface area contributed by atoms with Crippen LogP contribution in [0.1, 0.15) is 38.2 Å². The van der Waals surface area contributed by atoms with Gasteiger partial charge < -0.3 is 0 Å². The van der Waals surface area contributed by atoms with Crippen molar-refractivity contribution in [2.75, 3.05) is 0 Å². The van der Waals surface area contributed by atoms with E-state index < -0.39 is 0 Å². The average molecular weight is 344 g/mol. The van der Waals surface area contributed by atoms with Crippen molar-refractivity contribution in [1.29, 1.82) is 0 Å². The average Bonchev–Trinajstić information content (AvgIpc) is 2.37. The van der Waals surface area contributed by atoms with Crippen LogP contribution in [0.4, 0.5) is 5.69 Å². The second kappa shape index (κ2) is 6.75. The highest BCUT2D eigenvalue weighted by Crippen LogP contribution is 2.36. The lowest BCUT2D eigenvalue weighted by Gasteiger charge is -2.26. The van der Waals surface area contributed by atoms with Gasteiger partial charge in [0.25, 0.3) is 5.69 Å². The van der Waals surface area contributed by atoms with Crippen molar-refractivity contribution in [2.45, 2.75) is 43.6 Å². The first kappa shape index (κ1) is 14.9. The molecule has 1 fully saturated rings. The Hall–Kier alpha value is -0.550. The van der Waals surface area contributed by atoms with Crippen molar-refractivity contribution < 1.29 is 4.92 Å². The molecule has 0 radical (unpaired) electrons. The summed E-state index contributed by atoms with van der Waals surface area (Å²) in [7, 11) is 0. The van der Waals surface area contributed by atoms with Gasteiger partial charge in [0.15, 0.2) is 0 Å². The van der Waals surface area contributed by atoms with Crippen LogP contribution in [0.15, 0.2) is 22.7 Å². The molecule has 19 heavy (non-hydrogen) atoms. The van der Waals surface area contributed by atoms with Gasteiger partial charge in [-0.25, -0.2) is 0 Å². The molecule has 0 aromatic heterocycles. The molecule has 0 amide bonds. The highest BCUT2D eigenvalue weighted by molar-refractivity contribution is 9.10. The predicted octanol–water partition coefficient (Wildman–Crippen LogP) is 5.17. The van der Waals surface area contributed by atoms with Crippen molar-refractivity contribution in [3.63, 3.8) is 0 Å². The van der Waals surface area contributed by atoms with Crippen molar-refractivity contribution in [1.82, 2.24) is 0 Å². The second-order valence-electron chi connectivity index (χ2n) is 5.21. The highest BCUT2D eigenvalue weighted by Gasteiger charge is 2.20. The van der Waals surface area contributed by atoms with Gasteiger partial charge in [0.1, 0.15) is 0 Å². The summed E-state index contributed by atoms with van der Waals surface area (Å²) in [6.07, 6.45) is 5.21. The molecule has 0 aliphatic heterocycles. The summed E-state index contributed by atoms with van der Waals surface area (Å²) in [4.78, 5) is 10.6. The Morgan fingerprint density at radius 1 is 1.47 bits per heavy atom. The van der Waals surface area contributed by atoms with Crippen molar-refractivity contribution in [3.8, 4) is 0 Å². The van der Waals surface area contributed by atoms with Crippen LogP contribution in [0, 0.1) is 16.0 Å². The molecule has 1 aliphatic carbocycles. The predicted molar refractivity (Wildman–Crippen MR) is 83.5 cm³/mol. The standard InChI is InChI=1S/C14H18BrNO2S/c1-10-4-2-6-12(8-10)19-9-11-5-3-7-13(14(11)15)16(17)18/h3,5,7,10,12H,2,4,6,8-9H2,1H3. The molecule has 1 aromatic rings. The molecule has 1 saturated carbocycles. The lowest BCUT2D eigenvalue weighted by molar-refractivity contribution is -0.385. The first-order chi connectivity index (χ1) is 9.08. The molecule has 104 valence electrons. The molecular formula is C14H18BrNO2S. The van der Waals surface area contributed by atoms with Crippen LogP contribution in [-0.2, 0) is 5.75 Å². The van der Waals surface area contributed by atoms with E-state index >= 15 is 0 Å². The number of rotatable bonds is 4. The molecule has 1 aromatic carbocycles. The molecule has 1 aliphatic rings. The van der Waals surface area contributed by atoms with E-state index in [0.717, 1.165) is 17.2 Å². The van der Waals surface area contributed by atoms with E-state index in [1.807, 2.05) is 17.8 Å². The summed E-state index contributed by atoms with van der Waals surface area (Å²) in [5.41, 5.74) is 1.19. The molecule has 0 bridgehead atoms. The molecule has 0 heterocycles. The number of nitro groups is 1. The van der Waals surface area contributed by atoms with Crippen molar-refractivity contribution in [3.05, 3.63) is 38.3 Å². The van der Waals surface area contributed by atoms with Gasteiger partial charge in [0.2, 0.25) is 0 Å². The number of benzene rings is 1. The van der Waals surface area contributed by atoms with E-state index in [9.17, 15) is 10.1 Å². The minimum Gasteiger partial charge on any atom is -0.258 e. The van der Waals surface area contributed by atoms with Gasteiger partial charge in [0.05, 0.1) is 9.40 Å². The summed E-state index contributed by atoms with van der Waals surface area (Å²) in [6.45, 7) is 2.32. The van der Waals surface area contributed by atoms with Gasteiger partial charge in [-0.1, -0.05) is 31.9 Å². The third kappa shape index (κ3) is 3.96. The normalized spacial score (nSPS) is 23.3. The van der Waals surface area contributed by atoms with Gasteiger partial charge in [0, 0.05) is 17.1 Å². The topological polar surface area (TPSA) is 43.1 Å². The molecule has 2 unspecified atom stereocenters. The minimum atomic E-state index is -0.332. The fourth-order valence-electron chi connectivity index (χ4n) is 2.56. The maximum absolute atomic E-state index is 10.9. The first-order valence-electron chi connectivity index (χ1n) is 6.61. The number of thioether (sulfide) groups is 1. The first-order valence-corrected chi connectivity index (χ1v) is 8.45. The zero-order valence-corrected chi connectivity index (χ0v) is 13.4. The van der Waals surface area contributed by atoms with Crippen LogP contribution in [0.3, 0.4) is 0 Å². The highest BCUT2D eigenvalue weighted by atomic mass is 79.9. The van der Waals surface area contributed by atoms with E-state index in [1.54, 1.807) is 12.1 Å². The summed E-state index contributed by atoms with van der Waals surface area (Å²) >= 11 is 5.30. The molecule has 3 nitrogen and oxygen atoms in total. The number of hydrogen-bond donors (Lipinski definition) is 0. The van der Waals surface area contributed by atoms with Crippen LogP contribution in [-0.4, -0.2) is 10.2 Å². The number of nitro benzene ring substituents is 1. The zero-order chi connectivity index (χ0) is 13.8. The Labute approximate surface area is 126 Å². The van der Waals surface area contributed by atoms with E-state index in [2.05, 4.69) is 22.9 Å².